The lowest BCUT2D eigenvalue weighted by Gasteiger charge is -2.23. The third-order valence-electron chi connectivity index (χ3n) is 9.06. The number of hydrogen-bond acceptors (Lipinski definition) is 8. The number of aromatic carboxylic acids is 1. The standard InChI is InChI=1S/C32H28Cl2N4O5/c33-24-11-35-12-25(34)29(24)30-20(31(43-37-30)16-1-2-16)5-4-19-22-13-38(14-23(19)22)17-3-6-26-21(9-17)28(10-27(36-26)32(39)40)42-18-7-8-41-15-18/h3-6,9-12,16,18-19,22-23H,1-2,7-8,13-15H2,(H,39,40)/b5-4+/t18-,19?,22?,23?/m1/s1. The molecule has 2 aliphatic heterocycles. The fourth-order valence-electron chi connectivity index (χ4n) is 6.58. The number of piperidine rings is 1. The Morgan fingerprint density at radius 1 is 1.09 bits per heavy atom. The van der Waals surface area contributed by atoms with E-state index in [-0.39, 0.29) is 11.8 Å². The van der Waals surface area contributed by atoms with Crippen molar-refractivity contribution < 1.29 is 23.9 Å². The summed E-state index contributed by atoms with van der Waals surface area (Å²) in [6, 6.07) is 7.50. The molecule has 8 rings (SSSR count). The predicted molar refractivity (Wildman–Crippen MR) is 162 cm³/mol. The Balaban J connectivity index is 1.02. The summed E-state index contributed by atoms with van der Waals surface area (Å²) in [5, 5.41) is 15.7. The number of allylic oxidation sites excluding steroid dienone is 1. The minimum atomic E-state index is -1.08. The van der Waals surface area contributed by atoms with E-state index >= 15 is 0 Å². The maximum atomic E-state index is 11.7. The van der Waals surface area contributed by atoms with Gasteiger partial charge >= 0.3 is 5.97 Å². The van der Waals surface area contributed by atoms with Gasteiger partial charge in [0.05, 0.1) is 28.8 Å². The molecule has 4 fully saturated rings. The maximum Gasteiger partial charge on any atom is 0.354 e. The molecule has 9 nitrogen and oxygen atoms in total. The van der Waals surface area contributed by atoms with Gasteiger partial charge in [0.15, 0.2) is 5.69 Å². The lowest BCUT2D eigenvalue weighted by atomic mass is 10.0. The summed E-state index contributed by atoms with van der Waals surface area (Å²) in [5.41, 5.74) is 3.94. The molecule has 11 heteroatoms. The highest BCUT2D eigenvalue weighted by Gasteiger charge is 2.54. The number of benzene rings is 1. The second kappa shape index (κ2) is 10.5. The number of anilines is 1. The third-order valence-corrected chi connectivity index (χ3v) is 9.63. The van der Waals surface area contributed by atoms with Crippen molar-refractivity contribution in [1.29, 1.82) is 0 Å². The van der Waals surface area contributed by atoms with E-state index in [1.54, 1.807) is 12.4 Å². The number of hydrogen-bond donors (Lipinski definition) is 1. The lowest BCUT2D eigenvalue weighted by Crippen LogP contribution is -2.23. The van der Waals surface area contributed by atoms with E-state index in [4.69, 9.17) is 37.2 Å². The third kappa shape index (κ3) is 4.93. The van der Waals surface area contributed by atoms with Crippen LogP contribution in [0.4, 0.5) is 5.69 Å². The molecule has 4 aliphatic rings. The second-order valence-corrected chi connectivity index (χ2v) is 12.7. The summed E-state index contributed by atoms with van der Waals surface area (Å²) in [4.78, 5) is 22.5. The van der Waals surface area contributed by atoms with Crippen molar-refractivity contribution >= 4 is 51.8 Å². The van der Waals surface area contributed by atoms with E-state index < -0.39 is 5.97 Å². The molecule has 3 atom stereocenters. The molecule has 5 heterocycles. The van der Waals surface area contributed by atoms with Crippen LogP contribution >= 0.6 is 23.2 Å². The van der Waals surface area contributed by atoms with E-state index in [0.717, 1.165) is 54.7 Å². The van der Waals surface area contributed by atoms with Gasteiger partial charge in [0.1, 0.15) is 23.3 Å². The van der Waals surface area contributed by atoms with Crippen molar-refractivity contribution in [2.75, 3.05) is 31.2 Å². The van der Waals surface area contributed by atoms with Gasteiger partial charge in [0.2, 0.25) is 0 Å². The molecule has 2 saturated heterocycles. The predicted octanol–water partition coefficient (Wildman–Crippen LogP) is 6.73. The fraction of sp³-hybridized carbons (Fsp3) is 0.375. The van der Waals surface area contributed by atoms with Crippen molar-refractivity contribution in [3.05, 3.63) is 69.8 Å². The van der Waals surface area contributed by atoms with Gasteiger partial charge < -0.3 is 24.0 Å². The van der Waals surface area contributed by atoms with E-state index in [1.807, 2.05) is 12.1 Å². The highest BCUT2D eigenvalue weighted by Crippen LogP contribution is 2.54. The fourth-order valence-corrected chi connectivity index (χ4v) is 7.12. The summed E-state index contributed by atoms with van der Waals surface area (Å²) in [5.74, 6) is 2.32. The van der Waals surface area contributed by atoms with Crippen molar-refractivity contribution in [1.82, 2.24) is 15.1 Å². The highest BCUT2D eigenvalue weighted by atomic mass is 35.5. The minimum absolute atomic E-state index is 0.0273. The number of nitrogens with zero attached hydrogens (tertiary/aromatic N) is 4. The molecule has 220 valence electrons. The molecule has 0 amide bonds. The first-order chi connectivity index (χ1) is 20.9. The van der Waals surface area contributed by atoms with Crippen LogP contribution in [0.2, 0.25) is 10.0 Å². The van der Waals surface area contributed by atoms with Crippen molar-refractivity contribution in [2.24, 2.45) is 17.8 Å². The topological polar surface area (TPSA) is 111 Å². The molecular weight excluding hydrogens is 591 g/mol. The number of carbonyl (C=O) groups is 1. The van der Waals surface area contributed by atoms with Gasteiger partial charge in [-0.3, -0.25) is 4.98 Å². The number of aromatic nitrogens is 3. The monoisotopic (exact) mass is 618 g/mol. The summed E-state index contributed by atoms with van der Waals surface area (Å²) in [6.07, 6.45) is 10.5. The van der Waals surface area contributed by atoms with Gasteiger partial charge in [-0.25, -0.2) is 9.78 Å². The first-order valence-electron chi connectivity index (χ1n) is 14.6. The van der Waals surface area contributed by atoms with Crippen LogP contribution in [-0.4, -0.2) is 58.6 Å². The van der Waals surface area contributed by atoms with Crippen molar-refractivity contribution in [3.8, 4) is 17.0 Å². The Bertz CT molecular complexity index is 1750. The Morgan fingerprint density at radius 2 is 1.88 bits per heavy atom. The number of carboxylic acids is 1. The molecule has 1 N–H and O–H groups in total. The van der Waals surface area contributed by atoms with Crippen molar-refractivity contribution in [2.45, 2.75) is 31.3 Å². The Kier molecular flexibility index (Phi) is 6.58. The Morgan fingerprint density at radius 3 is 2.58 bits per heavy atom. The smallest absolute Gasteiger partial charge is 0.354 e. The van der Waals surface area contributed by atoms with Crippen LogP contribution in [0.1, 0.15) is 47.0 Å². The molecule has 2 unspecified atom stereocenters. The van der Waals surface area contributed by atoms with Gasteiger partial charge in [-0.15, -0.1) is 0 Å². The zero-order valence-corrected chi connectivity index (χ0v) is 24.6. The average Bonchev–Trinajstić information content (AvgIpc) is 3.72. The molecule has 43 heavy (non-hydrogen) atoms. The summed E-state index contributed by atoms with van der Waals surface area (Å²) in [6.45, 7) is 3.01. The van der Waals surface area contributed by atoms with Crippen LogP contribution in [-0.2, 0) is 4.74 Å². The molecule has 4 aromatic rings. The summed E-state index contributed by atoms with van der Waals surface area (Å²) < 4.78 is 17.5. The molecule has 2 aliphatic carbocycles. The van der Waals surface area contributed by atoms with E-state index in [0.29, 0.717) is 69.5 Å². The van der Waals surface area contributed by atoms with Crippen molar-refractivity contribution in [3.63, 3.8) is 0 Å². The first-order valence-corrected chi connectivity index (χ1v) is 15.3. The molecule has 0 radical (unpaired) electrons. The zero-order chi connectivity index (χ0) is 29.2. The quantitative estimate of drug-likeness (QED) is 0.230. The van der Waals surface area contributed by atoms with Gasteiger partial charge in [-0.1, -0.05) is 40.5 Å². The number of carboxylic acid groups (broad SMARTS) is 1. The highest BCUT2D eigenvalue weighted by molar-refractivity contribution is 6.39. The Labute approximate surface area is 257 Å². The SMILES string of the molecule is O=C(O)c1cc(O[C@@H]2CCOC2)c2cc(N3CC4C(/C=C/c5c(-c6c(Cl)cncc6Cl)noc5C5CC5)C4C3)ccc2n1. The number of fused-ring (bicyclic) bond motifs is 2. The molecule has 2 saturated carbocycles. The van der Waals surface area contributed by atoms with Gasteiger partial charge in [-0.05, 0) is 48.8 Å². The van der Waals surface area contributed by atoms with Crippen LogP contribution in [0.3, 0.4) is 0 Å². The largest absolute Gasteiger partial charge is 0.487 e. The molecule has 0 spiro atoms. The molecular formula is C32H28Cl2N4O5. The number of pyridine rings is 2. The summed E-state index contributed by atoms with van der Waals surface area (Å²) >= 11 is 13.0. The minimum Gasteiger partial charge on any atom is -0.487 e. The average molecular weight is 620 g/mol. The van der Waals surface area contributed by atoms with Gasteiger partial charge in [-0.2, -0.15) is 0 Å². The number of halogens is 2. The number of ether oxygens (including phenoxy) is 2. The summed E-state index contributed by atoms with van der Waals surface area (Å²) in [7, 11) is 0. The zero-order valence-electron chi connectivity index (χ0n) is 23.1. The van der Waals surface area contributed by atoms with Crippen LogP contribution in [0.25, 0.3) is 28.2 Å². The van der Waals surface area contributed by atoms with Crippen LogP contribution in [0.15, 0.2) is 47.3 Å². The maximum absolute atomic E-state index is 11.7. The second-order valence-electron chi connectivity index (χ2n) is 11.8. The van der Waals surface area contributed by atoms with E-state index in [1.165, 1.54) is 6.07 Å². The van der Waals surface area contributed by atoms with E-state index in [9.17, 15) is 9.90 Å². The molecule has 0 bridgehead atoms. The first kappa shape index (κ1) is 26.9. The van der Waals surface area contributed by atoms with E-state index in [2.05, 4.69) is 38.2 Å². The number of rotatable bonds is 8. The normalized spacial score (nSPS) is 24.7. The van der Waals surface area contributed by atoms with Crippen LogP contribution in [0.5, 0.6) is 5.75 Å². The van der Waals surface area contributed by atoms with Gasteiger partial charge in [0.25, 0.3) is 0 Å². The molecule has 3 aromatic heterocycles. The van der Waals surface area contributed by atoms with Crippen LogP contribution in [0, 0.1) is 17.8 Å². The van der Waals surface area contributed by atoms with Gasteiger partial charge in [0, 0.05) is 66.1 Å². The lowest BCUT2D eigenvalue weighted by molar-refractivity contribution is 0.0690. The molecule has 1 aromatic carbocycles. The van der Waals surface area contributed by atoms with Crippen LogP contribution < -0.4 is 9.64 Å². The Hall–Kier alpha value is -3.66.